The zero-order valence-electron chi connectivity index (χ0n) is 17.1. The minimum atomic E-state index is 0.0400. The second-order valence-corrected chi connectivity index (χ2v) is 8.72. The fraction of sp³-hybridized carbons (Fsp3) is 0.348. The van der Waals surface area contributed by atoms with Crippen LogP contribution in [-0.4, -0.2) is 58.7 Å². The van der Waals surface area contributed by atoms with Crippen LogP contribution >= 0.6 is 11.3 Å². The maximum atomic E-state index is 6.11. The second kappa shape index (κ2) is 8.53. The van der Waals surface area contributed by atoms with Crippen molar-refractivity contribution in [3.05, 3.63) is 66.2 Å². The molecule has 4 heterocycles. The number of piperazine rings is 1. The third kappa shape index (κ3) is 4.22. The Bertz CT molecular complexity index is 1070. The van der Waals surface area contributed by atoms with Crippen molar-refractivity contribution in [1.29, 1.82) is 0 Å². The summed E-state index contributed by atoms with van der Waals surface area (Å²) in [6, 6.07) is 6.19. The highest BCUT2D eigenvalue weighted by molar-refractivity contribution is 7.20. The lowest BCUT2D eigenvalue weighted by Gasteiger charge is -2.36. The molecule has 0 bridgehead atoms. The third-order valence-corrected chi connectivity index (χ3v) is 6.74. The molecule has 2 aliphatic rings. The number of hydrogen-bond donors (Lipinski definition) is 0. The molecule has 7 heteroatoms. The first kappa shape index (κ1) is 19.2. The third-order valence-electron chi connectivity index (χ3n) is 5.66. The smallest absolute Gasteiger partial charge is 0.276 e. The van der Waals surface area contributed by atoms with Crippen LogP contribution in [0, 0.1) is 6.92 Å². The first-order valence-corrected chi connectivity index (χ1v) is 11.2. The number of pyridine rings is 2. The fourth-order valence-electron chi connectivity index (χ4n) is 3.94. The normalized spacial score (nSPS) is 19.8. The molecule has 0 amide bonds. The first-order chi connectivity index (χ1) is 14.7. The Morgan fingerprint density at radius 3 is 2.67 bits per heavy atom. The van der Waals surface area contributed by atoms with E-state index in [2.05, 4.69) is 62.0 Å². The number of aromatic nitrogens is 3. The number of aryl methyl sites for hydroxylation is 1. The average Bonchev–Trinajstić information content (AvgIpc) is 3.20. The van der Waals surface area contributed by atoms with Crippen molar-refractivity contribution in [3.63, 3.8) is 0 Å². The molecular formula is C23H25N5OS. The molecule has 1 saturated heterocycles. The largest absolute Gasteiger partial charge is 0.462 e. The van der Waals surface area contributed by atoms with Gasteiger partial charge in [-0.3, -0.25) is 9.88 Å². The maximum absolute atomic E-state index is 6.11. The topological polar surface area (TPSA) is 54.4 Å². The molecule has 3 aromatic heterocycles. The van der Waals surface area contributed by atoms with Crippen molar-refractivity contribution in [1.82, 2.24) is 19.9 Å². The fourth-order valence-corrected chi connectivity index (χ4v) is 4.84. The molecule has 0 N–H and O–H groups in total. The molecule has 0 aromatic carbocycles. The molecule has 6 nitrogen and oxygen atoms in total. The molecule has 1 atom stereocenters. The molecule has 5 rings (SSSR count). The summed E-state index contributed by atoms with van der Waals surface area (Å²) in [6.45, 7) is 7.34. The van der Waals surface area contributed by atoms with Gasteiger partial charge in [-0.05, 0) is 42.3 Å². The number of nitrogens with zero attached hydrogens (tertiary/aromatic N) is 5. The quantitative estimate of drug-likeness (QED) is 0.626. The number of hydrogen-bond acceptors (Lipinski definition) is 7. The molecule has 0 saturated carbocycles. The molecule has 1 aliphatic heterocycles. The number of anilines is 1. The van der Waals surface area contributed by atoms with Gasteiger partial charge in [-0.25, -0.2) is 4.98 Å². The van der Waals surface area contributed by atoms with E-state index in [0.29, 0.717) is 5.19 Å². The van der Waals surface area contributed by atoms with E-state index in [1.807, 2.05) is 18.5 Å². The lowest BCUT2D eigenvalue weighted by Crippen LogP contribution is -2.47. The minimum absolute atomic E-state index is 0.0400. The van der Waals surface area contributed by atoms with Gasteiger partial charge in [0.05, 0.1) is 4.70 Å². The molecule has 30 heavy (non-hydrogen) atoms. The molecule has 0 spiro atoms. The van der Waals surface area contributed by atoms with Gasteiger partial charge in [0.25, 0.3) is 5.19 Å². The molecule has 3 aromatic rings. The predicted octanol–water partition coefficient (Wildman–Crippen LogP) is 3.85. The van der Waals surface area contributed by atoms with Crippen molar-refractivity contribution in [3.8, 4) is 5.19 Å². The van der Waals surface area contributed by atoms with Gasteiger partial charge in [-0.15, -0.1) is 0 Å². The zero-order valence-corrected chi connectivity index (χ0v) is 17.9. The average molecular weight is 420 g/mol. The van der Waals surface area contributed by atoms with E-state index >= 15 is 0 Å². The van der Waals surface area contributed by atoms with Gasteiger partial charge in [0.2, 0.25) is 0 Å². The highest BCUT2D eigenvalue weighted by atomic mass is 32.1. The Kier molecular flexibility index (Phi) is 5.46. The van der Waals surface area contributed by atoms with Crippen LogP contribution < -0.4 is 9.64 Å². The maximum Gasteiger partial charge on any atom is 0.276 e. The van der Waals surface area contributed by atoms with Gasteiger partial charge in [0.1, 0.15) is 6.10 Å². The van der Waals surface area contributed by atoms with Gasteiger partial charge in [-0.2, -0.15) is 4.98 Å². The van der Waals surface area contributed by atoms with Crippen LogP contribution in [0.25, 0.3) is 10.3 Å². The highest BCUT2D eigenvalue weighted by Crippen LogP contribution is 2.30. The van der Waals surface area contributed by atoms with E-state index in [9.17, 15) is 0 Å². The van der Waals surface area contributed by atoms with Crippen LogP contribution in [0.1, 0.15) is 12.0 Å². The molecule has 1 fully saturated rings. The Morgan fingerprint density at radius 2 is 1.93 bits per heavy atom. The van der Waals surface area contributed by atoms with E-state index in [1.54, 1.807) is 17.5 Å². The molecule has 1 unspecified atom stereocenters. The summed E-state index contributed by atoms with van der Waals surface area (Å²) >= 11 is 1.58. The van der Waals surface area contributed by atoms with Crippen LogP contribution in [0.2, 0.25) is 0 Å². The van der Waals surface area contributed by atoms with Gasteiger partial charge >= 0.3 is 0 Å². The number of ether oxygens (including phenoxy) is 1. The van der Waals surface area contributed by atoms with Gasteiger partial charge in [0.15, 0.2) is 5.65 Å². The summed E-state index contributed by atoms with van der Waals surface area (Å²) in [6.07, 6.45) is 13.1. The van der Waals surface area contributed by atoms with Crippen LogP contribution in [-0.2, 0) is 0 Å². The van der Waals surface area contributed by atoms with E-state index < -0.39 is 0 Å². The zero-order chi connectivity index (χ0) is 20.3. The number of rotatable bonds is 5. The standard InChI is InChI=1S/C23H25N5OS/c1-17-6-11-25-22-21(17)30-23(26-22)29-20-4-2-18(3-5-20)16-27-12-14-28(15-13-27)19-7-9-24-10-8-19/h2-4,6-11,20H,5,12-16H2,1H3. The predicted molar refractivity (Wildman–Crippen MR) is 121 cm³/mol. The van der Waals surface area contributed by atoms with Crippen LogP contribution in [0.5, 0.6) is 5.19 Å². The first-order valence-electron chi connectivity index (χ1n) is 10.4. The van der Waals surface area contributed by atoms with Crippen molar-refractivity contribution >= 4 is 27.4 Å². The second-order valence-electron chi connectivity index (χ2n) is 7.76. The van der Waals surface area contributed by atoms with E-state index in [1.165, 1.54) is 16.8 Å². The molecule has 154 valence electrons. The van der Waals surface area contributed by atoms with Gasteiger partial charge in [0, 0.05) is 63.4 Å². The van der Waals surface area contributed by atoms with Gasteiger partial charge in [-0.1, -0.05) is 23.5 Å². The van der Waals surface area contributed by atoms with E-state index in [0.717, 1.165) is 49.5 Å². The van der Waals surface area contributed by atoms with Crippen molar-refractivity contribution in [2.75, 3.05) is 37.6 Å². The van der Waals surface area contributed by atoms with Gasteiger partial charge < -0.3 is 9.64 Å². The Balaban J connectivity index is 1.13. The lowest BCUT2D eigenvalue weighted by atomic mass is 10.0. The summed E-state index contributed by atoms with van der Waals surface area (Å²) in [5.41, 5.74) is 4.60. The summed E-state index contributed by atoms with van der Waals surface area (Å²) < 4.78 is 7.21. The van der Waals surface area contributed by atoms with Crippen LogP contribution in [0.3, 0.4) is 0 Å². The monoisotopic (exact) mass is 419 g/mol. The SMILES string of the molecule is Cc1ccnc2nc(OC3C=CC(CN4CCN(c5ccncc5)CC4)=CC3)sc12. The lowest BCUT2D eigenvalue weighted by molar-refractivity contribution is 0.247. The minimum Gasteiger partial charge on any atom is -0.462 e. The number of thiazole rings is 1. The molecule has 0 radical (unpaired) electrons. The van der Waals surface area contributed by atoms with Crippen molar-refractivity contribution in [2.45, 2.75) is 19.4 Å². The highest BCUT2D eigenvalue weighted by Gasteiger charge is 2.19. The summed E-state index contributed by atoms with van der Waals surface area (Å²) in [5.74, 6) is 0. The Labute approximate surface area is 180 Å². The Morgan fingerprint density at radius 1 is 1.10 bits per heavy atom. The summed E-state index contributed by atoms with van der Waals surface area (Å²) in [7, 11) is 0. The van der Waals surface area contributed by atoms with Crippen molar-refractivity contribution < 1.29 is 4.74 Å². The van der Waals surface area contributed by atoms with Crippen LogP contribution in [0.4, 0.5) is 5.69 Å². The van der Waals surface area contributed by atoms with Crippen molar-refractivity contribution in [2.24, 2.45) is 0 Å². The molecule has 1 aliphatic carbocycles. The number of fused-ring (bicyclic) bond motifs is 1. The van der Waals surface area contributed by atoms with E-state index in [-0.39, 0.29) is 6.10 Å². The van der Waals surface area contributed by atoms with Crippen LogP contribution in [0.15, 0.2) is 60.6 Å². The summed E-state index contributed by atoms with van der Waals surface area (Å²) in [4.78, 5) is 17.9. The Hall–Kier alpha value is -2.77. The summed E-state index contributed by atoms with van der Waals surface area (Å²) in [5, 5.41) is 0.700. The molecular weight excluding hydrogens is 394 g/mol. The van der Waals surface area contributed by atoms with E-state index in [4.69, 9.17) is 4.74 Å².